The topological polar surface area (TPSA) is 84.1 Å². The number of aromatic nitrogens is 2. The molecule has 0 aromatic carbocycles. The van der Waals surface area contributed by atoms with Gasteiger partial charge < -0.3 is 16.0 Å². The van der Waals surface area contributed by atoms with E-state index in [1.165, 1.54) is 0 Å². The maximum Gasteiger partial charge on any atom is 0.226 e. The number of primary amides is 1. The summed E-state index contributed by atoms with van der Waals surface area (Å²) in [5, 5.41) is 3.47. The first-order valence-electron chi connectivity index (χ1n) is 7.04. The highest BCUT2D eigenvalue weighted by Crippen LogP contribution is 2.27. The number of nitrogens with zero attached hydrogens (tertiary/aromatic N) is 3. The van der Waals surface area contributed by atoms with Crippen molar-refractivity contribution in [3.8, 4) is 0 Å². The molecule has 20 heavy (non-hydrogen) atoms. The number of rotatable bonds is 4. The zero-order valence-corrected chi connectivity index (χ0v) is 12.4. The molecular weight excluding hydrogens is 254 g/mol. The van der Waals surface area contributed by atoms with E-state index in [1.54, 1.807) is 0 Å². The van der Waals surface area contributed by atoms with Gasteiger partial charge in [0, 0.05) is 37.8 Å². The van der Waals surface area contributed by atoms with Gasteiger partial charge in [-0.25, -0.2) is 4.98 Å². The minimum Gasteiger partial charge on any atom is -0.369 e. The van der Waals surface area contributed by atoms with Crippen molar-refractivity contribution in [1.82, 2.24) is 9.97 Å². The molecule has 1 fully saturated rings. The Morgan fingerprint density at radius 3 is 2.55 bits per heavy atom. The Labute approximate surface area is 119 Å². The predicted octanol–water partition coefficient (Wildman–Crippen LogP) is 1.31. The van der Waals surface area contributed by atoms with Crippen molar-refractivity contribution < 1.29 is 4.79 Å². The summed E-state index contributed by atoms with van der Waals surface area (Å²) in [6, 6.07) is 0.356. The Bertz CT molecular complexity index is 480. The number of nitrogens with two attached hydrogens (primary N) is 1. The van der Waals surface area contributed by atoms with Crippen molar-refractivity contribution in [3.05, 3.63) is 11.8 Å². The molecule has 1 aromatic rings. The van der Waals surface area contributed by atoms with E-state index < -0.39 is 0 Å². The van der Waals surface area contributed by atoms with Gasteiger partial charge in [-0.05, 0) is 32.6 Å². The molecule has 3 N–H and O–H groups in total. The molecule has 6 nitrogen and oxygen atoms in total. The molecule has 0 radical (unpaired) electrons. The summed E-state index contributed by atoms with van der Waals surface area (Å²) in [5.74, 6) is 1.45. The van der Waals surface area contributed by atoms with Crippen molar-refractivity contribution in [2.75, 3.05) is 24.3 Å². The third-order valence-corrected chi connectivity index (χ3v) is 3.83. The number of anilines is 2. The van der Waals surface area contributed by atoms with Crippen molar-refractivity contribution >= 4 is 17.7 Å². The summed E-state index contributed by atoms with van der Waals surface area (Å²) in [4.78, 5) is 21.9. The second kappa shape index (κ2) is 6.07. The number of carbonyl (C=O) groups excluding carboxylic acids is 1. The van der Waals surface area contributed by atoms with Gasteiger partial charge in [0.1, 0.15) is 5.82 Å². The van der Waals surface area contributed by atoms with Crippen LogP contribution in [-0.2, 0) is 4.79 Å². The summed E-state index contributed by atoms with van der Waals surface area (Å²) in [6.07, 6.45) is 5.46. The molecule has 0 atom stereocenters. The van der Waals surface area contributed by atoms with Crippen LogP contribution in [0.15, 0.2) is 6.20 Å². The van der Waals surface area contributed by atoms with Crippen LogP contribution in [0.1, 0.15) is 31.2 Å². The molecule has 0 bridgehead atoms. The van der Waals surface area contributed by atoms with Gasteiger partial charge in [0.2, 0.25) is 11.9 Å². The summed E-state index contributed by atoms with van der Waals surface area (Å²) in [7, 11) is 3.85. The number of aryl methyl sites for hydroxylation is 1. The Hall–Kier alpha value is -1.85. The fourth-order valence-electron chi connectivity index (χ4n) is 2.51. The van der Waals surface area contributed by atoms with Crippen LogP contribution < -0.4 is 16.0 Å². The molecule has 110 valence electrons. The van der Waals surface area contributed by atoms with E-state index in [9.17, 15) is 4.79 Å². The molecule has 2 rings (SSSR count). The minimum absolute atomic E-state index is 0.0388. The highest BCUT2D eigenvalue weighted by molar-refractivity contribution is 5.76. The Kier molecular flexibility index (Phi) is 4.42. The smallest absolute Gasteiger partial charge is 0.226 e. The van der Waals surface area contributed by atoms with E-state index in [-0.39, 0.29) is 11.8 Å². The zero-order chi connectivity index (χ0) is 14.7. The summed E-state index contributed by atoms with van der Waals surface area (Å²) in [5.41, 5.74) is 6.39. The standard InChI is InChI=1S/C14H23N5O/c1-9-8-16-14(19(2)3)18-13(9)17-11-6-4-10(5-7-11)12(15)20/h8,10-11H,4-7H2,1-3H3,(H2,15,20)(H,16,17,18). The first kappa shape index (κ1) is 14.6. The molecule has 1 aliphatic rings. The second-order valence-corrected chi connectivity index (χ2v) is 5.69. The molecule has 0 saturated heterocycles. The van der Waals surface area contributed by atoms with E-state index >= 15 is 0 Å². The average molecular weight is 277 g/mol. The molecule has 1 amide bonds. The largest absolute Gasteiger partial charge is 0.369 e. The van der Waals surface area contributed by atoms with Crippen LogP contribution in [0, 0.1) is 12.8 Å². The molecule has 1 saturated carbocycles. The summed E-state index contributed by atoms with van der Waals surface area (Å²) < 4.78 is 0. The van der Waals surface area contributed by atoms with E-state index in [1.807, 2.05) is 32.1 Å². The fourth-order valence-corrected chi connectivity index (χ4v) is 2.51. The lowest BCUT2D eigenvalue weighted by molar-refractivity contribution is -0.122. The highest BCUT2D eigenvalue weighted by atomic mass is 16.1. The summed E-state index contributed by atoms with van der Waals surface area (Å²) >= 11 is 0. The third-order valence-electron chi connectivity index (χ3n) is 3.83. The molecule has 0 unspecified atom stereocenters. The molecular formula is C14H23N5O. The van der Waals surface area contributed by atoms with E-state index in [2.05, 4.69) is 15.3 Å². The molecule has 1 aliphatic carbocycles. The highest BCUT2D eigenvalue weighted by Gasteiger charge is 2.25. The Balaban J connectivity index is 2.00. The van der Waals surface area contributed by atoms with Gasteiger partial charge in [0.05, 0.1) is 0 Å². The molecule has 1 aromatic heterocycles. The van der Waals surface area contributed by atoms with Gasteiger partial charge in [-0.2, -0.15) is 4.98 Å². The number of carbonyl (C=O) groups is 1. The third kappa shape index (κ3) is 3.37. The predicted molar refractivity (Wildman–Crippen MR) is 79.7 cm³/mol. The SMILES string of the molecule is Cc1cnc(N(C)C)nc1NC1CCC(C(N)=O)CC1. The maximum absolute atomic E-state index is 11.2. The van der Waals surface area contributed by atoms with E-state index in [0.29, 0.717) is 12.0 Å². The molecule has 0 aliphatic heterocycles. The minimum atomic E-state index is -0.170. The second-order valence-electron chi connectivity index (χ2n) is 5.69. The monoisotopic (exact) mass is 277 g/mol. The van der Waals surface area contributed by atoms with E-state index in [4.69, 9.17) is 5.73 Å². The van der Waals surface area contributed by atoms with Gasteiger partial charge in [0.25, 0.3) is 0 Å². The van der Waals surface area contributed by atoms with Crippen molar-refractivity contribution in [2.24, 2.45) is 11.7 Å². The molecule has 6 heteroatoms. The van der Waals surface area contributed by atoms with Gasteiger partial charge in [-0.15, -0.1) is 0 Å². The molecule has 1 heterocycles. The number of hydrogen-bond acceptors (Lipinski definition) is 5. The zero-order valence-electron chi connectivity index (χ0n) is 12.4. The van der Waals surface area contributed by atoms with Crippen LogP contribution in [-0.4, -0.2) is 36.0 Å². The number of hydrogen-bond donors (Lipinski definition) is 2. The summed E-state index contributed by atoms with van der Waals surface area (Å²) in [6.45, 7) is 2.00. The average Bonchev–Trinajstić information content (AvgIpc) is 2.41. The van der Waals surface area contributed by atoms with E-state index in [0.717, 1.165) is 37.1 Å². The van der Waals surface area contributed by atoms with Crippen LogP contribution >= 0.6 is 0 Å². The van der Waals surface area contributed by atoms with Gasteiger partial charge >= 0.3 is 0 Å². The fraction of sp³-hybridized carbons (Fsp3) is 0.643. The van der Waals surface area contributed by atoms with Crippen LogP contribution in [0.4, 0.5) is 11.8 Å². The van der Waals surface area contributed by atoms with Crippen LogP contribution in [0.25, 0.3) is 0 Å². The van der Waals surface area contributed by atoms with Crippen LogP contribution in [0.2, 0.25) is 0 Å². The van der Waals surface area contributed by atoms with Crippen molar-refractivity contribution in [3.63, 3.8) is 0 Å². The maximum atomic E-state index is 11.2. The lowest BCUT2D eigenvalue weighted by Gasteiger charge is -2.28. The van der Waals surface area contributed by atoms with Crippen molar-refractivity contribution in [2.45, 2.75) is 38.6 Å². The van der Waals surface area contributed by atoms with Gasteiger partial charge in [0.15, 0.2) is 0 Å². The Morgan fingerprint density at radius 2 is 2.00 bits per heavy atom. The Morgan fingerprint density at radius 1 is 1.35 bits per heavy atom. The first-order valence-corrected chi connectivity index (χ1v) is 7.04. The van der Waals surface area contributed by atoms with Gasteiger partial charge in [-0.3, -0.25) is 4.79 Å². The van der Waals surface area contributed by atoms with Gasteiger partial charge in [-0.1, -0.05) is 0 Å². The lowest BCUT2D eigenvalue weighted by atomic mass is 9.85. The number of amides is 1. The number of nitrogens with one attached hydrogen (secondary N) is 1. The van der Waals surface area contributed by atoms with Crippen LogP contribution in [0.3, 0.4) is 0 Å². The van der Waals surface area contributed by atoms with Crippen LogP contribution in [0.5, 0.6) is 0 Å². The normalized spacial score (nSPS) is 22.4. The molecule has 0 spiro atoms. The lowest BCUT2D eigenvalue weighted by Crippen LogP contribution is -2.33. The quantitative estimate of drug-likeness (QED) is 0.866. The first-order chi connectivity index (χ1) is 9.47. The van der Waals surface area contributed by atoms with Crippen molar-refractivity contribution in [1.29, 1.82) is 0 Å².